The molecule has 3 heterocycles. The minimum Gasteiger partial charge on any atom is -0.496 e. The molecule has 5 rings (SSSR count). The smallest absolute Gasteiger partial charge is 0.271 e. The van der Waals surface area contributed by atoms with E-state index in [1.54, 1.807) is 24.3 Å². The number of aromatic amines is 1. The summed E-state index contributed by atoms with van der Waals surface area (Å²) in [4.78, 5) is 25.1. The van der Waals surface area contributed by atoms with E-state index in [1.807, 2.05) is 49.5 Å². The Labute approximate surface area is 183 Å². The van der Waals surface area contributed by atoms with Crippen molar-refractivity contribution < 1.29 is 4.74 Å². The Hall–Kier alpha value is -4.20. The fourth-order valence-corrected chi connectivity index (χ4v) is 4.00. The molecule has 5 aromatic rings. The fourth-order valence-electron chi connectivity index (χ4n) is 4.00. The second kappa shape index (κ2) is 8.14. The largest absolute Gasteiger partial charge is 0.496 e. The number of aromatic nitrogens is 5. The van der Waals surface area contributed by atoms with Crippen molar-refractivity contribution in [2.45, 2.75) is 6.42 Å². The van der Waals surface area contributed by atoms with Gasteiger partial charge in [0.2, 0.25) is 0 Å². The number of nitrogens with zero attached hydrogens (tertiary/aromatic N) is 4. The van der Waals surface area contributed by atoms with Crippen molar-refractivity contribution in [1.29, 1.82) is 0 Å². The van der Waals surface area contributed by atoms with Gasteiger partial charge in [-0.1, -0.05) is 12.1 Å². The van der Waals surface area contributed by atoms with Crippen LogP contribution in [0.25, 0.3) is 33.1 Å². The van der Waals surface area contributed by atoms with E-state index in [1.165, 1.54) is 0 Å². The second-order valence-electron chi connectivity index (χ2n) is 7.51. The van der Waals surface area contributed by atoms with Crippen molar-refractivity contribution in [3.8, 4) is 17.0 Å². The van der Waals surface area contributed by atoms with Crippen molar-refractivity contribution in [2.24, 2.45) is 7.05 Å². The first-order valence-corrected chi connectivity index (χ1v) is 10.3. The van der Waals surface area contributed by atoms with Gasteiger partial charge in [-0.05, 0) is 36.8 Å². The molecule has 8 heteroatoms. The van der Waals surface area contributed by atoms with Gasteiger partial charge in [0.15, 0.2) is 0 Å². The summed E-state index contributed by atoms with van der Waals surface area (Å²) in [6.07, 6.45) is 4.09. The Kier molecular flexibility index (Phi) is 5.03. The Morgan fingerprint density at radius 3 is 2.84 bits per heavy atom. The zero-order valence-corrected chi connectivity index (χ0v) is 17.8. The Morgan fingerprint density at radius 2 is 1.97 bits per heavy atom. The van der Waals surface area contributed by atoms with Crippen LogP contribution in [-0.4, -0.2) is 38.4 Å². The number of hydrogen-bond donors (Lipinski definition) is 2. The molecular formula is C24H22N6O2. The molecule has 0 aliphatic heterocycles. The summed E-state index contributed by atoms with van der Waals surface area (Å²) in [7, 11) is 3.50. The molecule has 0 bridgehead atoms. The number of aryl methyl sites for hydroxylation is 1. The van der Waals surface area contributed by atoms with Crippen molar-refractivity contribution in [3.05, 3.63) is 77.0 Å². The molecule has 0 aliphatic carbocycles. The standard InChI is InChI=1S/C24H22N6O2/c1-30-21-12-15(5-6-18(21)24(31)29-30)20-13-23(28-14-27-20)26-11-9-17-16-4-3-10-25-19(16)7-8-22(17)32-2/h3-8,10,12-14H,9,11H2,1-2H3,(H,29,31)(H,26,27,28). The van der Waals surface area contributed by atoms with Gasteiger partial charge in [0.1, 0.15) is 17.9 Å². The summed E-state index contributed by atoms with van der Waals surface area (Å²) < 4.78 is 7.29. The zero-order valence-electron chi connectivity index (χ0n) is 17.8. The Bertz CT molecular complexity index is 1490. The molecule has 8 nitrogen and oxygen atoms in total. The molecule has 0 radical (unpaired) electrons. The SMILES string of the molecule is COc1ccc2ncccc2c1CCNc1cc(-c2ccc3c(=O)[nH]n(C)c3c2)ncn1. The fraction of sp³-hybridized carbons (Fsp3) is 0.167. The number of H-pyrrole nitrogens is 1. The summed E-state index contributed by atoms with van der Waals surface area (Å²) in [5.74, 6) is 1.58. The minimum atomic E-state index is -0.0989. The predicted octanol–water partition coefficient (Wildman–Crippen LogP) is 3.54. The normalized spacial score (nSPS) is 11.2. The third-order valence-electron chi connectivity index (χ3n) is 5.59. The van der Waals surface area contributed by atoms with E-state index in [0.717, 1.165) is 51.2 Å². The average Bonchev–Trinajstić information content (AvgIpc) is 3.12. The molecule has 0 fully saturated rings. The first-order chi connectivity index (χ1) is 15.6. The summed E-state index contributed by atoms with van der Waals surface area (Å²) in [6, 6.07) is 15.5. The zero-order chi connectivity index (χ0) is 22.1. The monoisotopic (exact) mass is 426 g/mol. The number of anilines is 1. The summed E-state index contributed by atoms with van der Waals surface area (Å²) in [5, 5.41) is 7.90. The van der Waals surface area contributed by atoms with Crippen molar-refractivity contribution in [2.75, 3.05) is 19.0 Å². The van der Waals surface area contributed by atoms with E-state index >= 15 is 0 Å². The van der Waals surface area contributed by atoms with E-state index in [2.05, 4.69) is 31.4 Å². The molecule has 0 amide bonds. The molecule has 160 valence electrons. The van der Waals surface area contributed by atoms with Crippen LogP contribution in [0, 0.1) is 0 Å². The molecule has 2 aromatic carbocycles. The van der Waals surface area contributed by atoms with Gasteiger partial charge in [0.25, 0.3) is 5.56 Å². The number of pyridine rings is 1. The van der Waals surface area contributed by atoms with Gasteiger partial charge in [0.05, 0.1) is 29.2 Å². The highest BCUT2D eigenvalue weighted by molar-refractivity contribution is 5.85. The van der Waals surface area contributed by atoms with Crippen LogP contribution in [0.15, 0.2) is 65.8 Å². The summed E-state index contributed by atoms with van der Waals surface area (Å²) in [6.45, 7) is 0.673. The lowest BCUT2D eigenvalue weighted by Gasteiger charge is -2.13. The highest BCUT2D eigenvalue weighted by Gasteiger charge is 2.10. The van der Waals surface area contributed by atoms with Gasteiger partial charge in [0, 0.05) is 42.4 Å². The van der Waals surface area contributed by atoms with E-state index in [9.17, 15) is 4.79 Å². The maximum atomic E-state index is 11.9. The van der Waals surface area contributed by atoms with Crippen LogP contribution < -0.4 is 15.6 Å². The lowest BCUT2D eigenvalue weighted by atomic mass is 10.0. The maximum absolute atomic E-state index is 11.9. The number of hydrogen-bond acceptors (Lipinski definition) is 6. The number of rotatable bonds is 6. The average molecular weight is 426 g/mol. The highest BCUT2D eigenvalue weighted by atomic mass is 16.5. The van der Waals surface area contributed by atoms with E-state index in [0.29, 0.717) is 11.9 Å². The molecule has 0 unspecified atom stereocenters. The van der Waals surface area contributed by atoms with Crippen LogP contribution in [-0.2, 0) is 13.5 Å². The van der Waals surface area contributed by atoms with E-state index < -0.39 is 0 Å². The molecular weight excluding hydrogens is 404 g/mol. The maximum Gasteiger partial charge on any atom is 0.271 e. The predicted molar refractivity (Wildman–Crippen MR) is 125 cm³/mol. The highest BCUT2D eigenvalue weighted by Crippen LogP contribution is 2.27. The van der Waals surface area contributed by atoms with Crippen LogP contribution in [0.1, 0.15) is 5.56 Å². The van der Waals surface area contributed by atoms with Gasteiger partial charge in [-0.2, -0.15) is 0 Å². The number of benzene rings is 2. The lowest BCUT2D eigenvalue weighted by molar-refractivity contribution is 0.411. The lowest BCUT2D eigenvalue weighted by Crippen LogP contribution is -2.08. The Balaban J connectivity index is 1.37. The van der Waals surface area contributed by atoms with Crippen LogP contribution in [0.5, 0.6) is 5.75 Å². The number of methoxy groups -OCH3 is 1. The molecule has 0 saturated heterocycles. The number of nitrogens with one attached hydrogen (secondary N) is 2. The van der Waals surface area contributed by atoms with Gasteiger partial charge < -0.3 is 10.1 Å². The first-order valence-electron chi connectivity index (χ1n) is 10.3. The molecule has 0 spiro atoms. The summed E-state index contributed by atoms with van der Waals surface area (Å²) >= 11 is 0. The second-order valence-corrected chi connectivity index (χ2v) is 7.51. The first kappa shape index (κ1) is 19.7. The van der Waals surface area contributed by atoms with Crippen LogP contribution in [0.3, 0.4) is 0 Å². The van der Waals surface area contributed by atoms with Gasteiger partial charge in [-0.3, -0.25) is 19.6 Å². The van der Waals surface area contributed by atoms with Gasteiger partial charge >= 0.3 is 0 Å². The Morgan fingerprint density at radius 1 is 1.06 bits per heavy atom. The molecule has 32 heavy (non-hydrogen) atoms. The van der Waals surface area contributed by atoms with Crippen LogP contribution >= 0.6 is 0 Å². The van der Waals surface area contributed by atoms with E-state index in [4.69, 9.17) is 4.74 Å². The van der Waals surface area contributed by atoms with Crippen molar-refractivity contribution in [1.82, 2.24) is 24.7 Å². The van der Waals surface area contributed by atoms with E-state index in [-0.39, 0.29) is 5.56 Å². The van der Waals surface area contributed by atoms with Crippen LogP contribution in [0.2, 0.25) is 0 Å². The third kappa shape index (κ3) is 3.56. The number of fused-ring (bicyclic) bond motifs is 2. The van der Waals surface area contributed by atoms with Gasteiger partial charge in [-0.25, -0.2) is 9.97 Å². The molecule has 2 N–H and O–H groups in total. The third-order valence-corrected chi connectivity index (χ3v) is 5.59. The molecule has 0 aliphatic rings. The minimum absolute atomic E-state index is 0.0989. The van der Waals surface area contributed by atoms with Crippen molar-refractivity contribution >= 4 is 27.6 Å². The molecule has 3 aromatic heterocycles. The quantitative estimate of drug-likeness (QED) is 0.431. The topological polar surface area (TPSA) is 97.7 Å². The van der Waals surface area contributed by atoms with Crippen molar-refractivity contribution in [3.63, 3.8) is 0 Å². The number of ether oxygens (including phenoxy) is 1. The van der Waals surface area contributed by atoms with Gasteiger partial charge in [-0.15, -0.1) is 0 Å². The molecule has 0 saturated carbocycles. The summed E-state index contributed by atoms with van der Waals surface area (Å²) in [5.41, 5.74) is 4.49. The molecule has 0 atom stereocenters. The van der Waals surface area contributed by atoms with Crippen LogP contribution in [0.4, 0.5) is 5.82 Å².